The molecule has 0 spiro atoms. The van der Waals surface area contributed by atoms with Crippen molar-refractivity contribution >= 4 is 9.84 Å². The Hall–Kier alpha value is -1.35. The molecule has 0 atom stereocenters. The Morgan fingerprint density at radius 2 is 1.64 bits per heavy atom. The highest BCUT2D eigenvalue weighted by atomic mass is 32.2. The van der Waals surface area contributed by atoms with E-state index >= 15 is 0 Å². The molecule has 0 saturated heterocycles. The van der Waals surface area contributed by atoms with Crippen LogP contribution in [0.15, 0.2) is 45.4 Å². The van der Waals surface area contributed by atoms with Crippen molar-refractivity contribution in [2.75, 3.05) is 0 Å². The minimum atomic E-state index is -3.74. The second kappa shape index (κ2) is 6.41. The smallest absolute Gasteiger partial charge is 0.212 e. The predicted molar refractivity (Wildman–Crippen MR) is 88.3 cm³/mol. The summed E-state index contributed by atoms with van der Waals surface area (Å²) < 4.78 is 26.0. The molecule has 1 aromatic rings. The molecule has 0 aliphatic heterocycles. The molecule has 1 saturated carbocycles. The van der Waals surface area contributed by atoms with Gasteiger partial charge in [0.1, 0.15) is 10.5 Å². The van der Waals surface area contributed by atoms with E-state index in [1.807, 2.05) is 6.92 Å². The summed E-state index contributed by atoms with van der Waals surface area (Å²) in [6.45, 7) is 5.52. The molecule has 1 aliphatic carbocycles. The Kier molecular flexibility index (Phi) is 4.96. The first-order chi connectivity index (χ1) is 10.3. The van der Waals surface area contributed by atoms with Gasteiger partial charge in [0.05, 0.1) is 4.90 Å². The van der Waals surface area contributed by atoms with Crippen LogP contribution >= 0.6 is 0 Å². The van der Waals surface area contributed by atoms with E-state index in [0.29, 0.717) is 12.8 Å². The van der Waals surface area contributed by atoms with Crippen molar-refractivity contribution in [2.24, 2.45) is 0 Å². The summed E-state index contributed by atoms with van der Waals surface area (Å²) in [4.78, 5) is 0.254. The number of hydrogen-bond donors (Lipinski definition) is 1. The summed E-state index contributed by atoms with van der Waals surface area (Å²) in [5, 5.41) is 10.9. The summed E-state index contributed by atoms with van der Waals surface area (Å²) in [5.41, 5.74) is 3.40. The minimum Gasteiger partial charge on any atom is -0.384 e. The fraction of sp³-hybridized carbons (Fsp3) is 0.500. The van der Waals surface area contributed by atoms with Gasteiger partial charge in [0.15, 0.2) is 0 Å². The van der Waals surface area contributed by atoms with Gasteiger partial charge in [0.25, 0.3) is 0 Å². The molecule has 0 amide bonds. The van der Waals surface area contributed by atoms with Gasteiger partial charge in [-0.1, -0.05) is 37.0 Å². The van der Waals surface area contributed by atoms with Gasteiger partial charge < -0.3 is 5.11 Å². The largest absolute Gasteiger partial charge is 0.384 e. The van der Waals surface area contributed by atoms with Crippen molar-refractivity contribution in [1.29, 1.82) is 0 Å². The van der Waals surface area contributed by atoms with Gasteiger partial charge in [-0.2, -0.15) is 0 Å². The van der Waals surface area contributed by atoms with Crippen molar-refractivity contribution < 1.29 is 13.5 Å². The van der Waals surface area contributed by atoms with E-state index in [0.717, 1.165) is 30.4 Å². The molecule has 0 aromatic heterocycles. The highest BCUT2D eigenvalue weighted by molar-refractivity contribution is 7.95. The molecule has 3 nitrogen and oxygen atoms in total. The standard InChI is InChI=1S/C18H24O3S/c1-14(2)13-17(18(19)11-5-4-6-12-18)22(20,21)16-9-7-15(3)8-10-16/h7-10,19H,4-6,11-12H2,1-3H3. The summed E-state index contributed by atoms with van der Waals surface area (Å²) in [6, 6.07) is 6.75. The molecule has 1 N–H and O–H groups in total. The fourth-order valence-corrected chi connectivity index (χ4v) is 4.63. The quantitative estimate of drug-likeness (QED) is 0.859. The lowest BCUT2D eigenvalue weighted by Crippen LogP contribution is -2.36. The van der Waals surface area contributed by atoms with Crippen LogP contribution in [0.25, 0.3) is 0 Å². The van der Waals surface area contributed by atoms with Crippen molar-refractivity contribution in [2.45, 2.75) is 63.4 Å². The van der Waals surface area contributed by atoms with Gasteiger partial charge in [0.2, 0.25) is 9.84 Å². The van der Waals surface area contributed by atoms with Gasteiger partial charge in [-0.15, -0.1) is 5.73 Å². The maximum Gasteiger partial charge on any atom is 0.212 e. The van der Waals surface area contributed by atoms with Crippen LogP contribution in [0.1, 0.15) is 51.5 Å². The zero-order valence-electron chi connectivity index (χ0n) is 13.5. The molecule has 22 heavy (non-hydrogen) atoms. The Bertz CT molecular complexity index is 695. The van der Waals surface area contributed by atoms with Crippen LogP contribution in [0.2, 0.25) is 0 Å². The first-order valence-corrected chi connectivity index (χ1v) is 9.23. The van der Waals surface area contributed by atoms with Crippen LogP contribution in [0.5, 0.6) is 0 Å². The molecule has 0 heterocycles. The number of hydrogen-bond acceptors (Lipinski definition) is 3. The summed E-state index contributed by atoms with van der Waals surface area (Å²) in [5.74, 6) is 0. The SMILES string of the molecule is CC(C)=C=C(C1(O)CCCCC1)S(=O)(=O)c1ccc(C)cc1. The lowest BCUT2D eigenvalue weighted by Gasteiger charge is -2.33. The van der Waals surface area contributed by atoms with Gasteiger partial charge in [-0.25, -0.2) is 8.42 Å². The van der Waals surface area contributed by atoms with Crippen molar-refractivity contribution in [1.82, 2.24) is 0 Å². The van der Waals surface area contributed by atoms with Crippen LogP contribution in [0, 0.1) is 6.92 Å². The molecule has 1 fully saturated rings. The Morgan fingerprint density at radius 3 is 2.14 bits per heavy atom. The first kappa shape index (κ1) is 17.0. The Labute approximate surface area is 133 Å². The maximum absolute atomic E-state index is 13.0. The van der Waals surface area contributed by atoms with E-state index in [-0.39, 0.29) is 9.80 Å². The molecule has 0 bridgehead atoms. The molecule has 4 heteroatoms. The summed E-state index contributed by atoms with van der Waals surface area (Å²) >= 11 is 0. The molecular formula is C18H24O3S. The Balaban J connectivity index is 2.60. The lowest BCUT2D eigenvalue weighted by atomic mass is 9.84. The molecule has 1 aliphatic rings. The van der Waals surface area contributed by atoms with Gasteiger partial charge in [-0.05, 0) is 51.3 Å². The fourth-order valence-electron chi connectivity index (χ4n) is 2.86. The third-order valence-electron chi connectivity index (χ3n) is 4.07. The van der Waals surface area contributed by atoms with E-state index in [1.54, 1.807) is 38.1 Å². The van der Waals surface area contributed by atoms with Crippen LogP contribution in [-0.2, 0) is 9.84 Å². The van der Waals surface area contributed by atoms with E-state index in [9.17, 15) is 13.5 Å². The van der Waals surface area contributed by atoms with Crippen LogP contribution in [0.3, 0.4) is 0 Å². The number of rotatable bonds is 3. The molecule has 0 unspecified atom stereocenters. The predicted octanol–water partition coefficient (Wildman–Crippen LogP) is 3.91. The lowest BCUT2D eigenvalue weighted by molar-refractivity contribution is 0.0467. The third-order valence-corrected chi connectivity index (χ3v) is 5.98. The highest BCUT2D eigenvalue weighted by Gasteiger charge is 2.41. The first-order valence-electron chi connectivity index (χ1n) is 7.74. The second-order valence-electron chi connectivity index (χ2n) is 6.36. The van der Waals surface area contributed by atoms with E-state index < -0.39 is 15.4 Å². The molecule has 1 aromatic carbocycles. The molecule has 0 radical (unpaired) electrons. The second-order valence-corrected chi connectivity index (χ2v) is 8.25. The summed E-state index contributed by atoms with van der Waals surface area (Å²) in [7, 11) is -3.74. The monoisotopic (exact) mass is 320 g/mol. The Morgan fingerprint density at radius 1 is 1.09 bits per heavy atom. The van der Waals surface area contributed by atoms with Gasteiger partial charge >= 0.3 is 0 Å². The van der Waals surface area contributed by atoms with Crippen molar-refractivity contribution in [3.05, 3.63) is 46.0 Å². The highest BCUT2D eigenvalue weighted by Crippen LogP contribution is 2.38. The zero-order valence-corrected chi connectivity index (χ0v) is 14.3. The topological polar surface area (TPSA) is 54.4 Å². The third kappa shape index (κ3) is 3.52. The number of aryl methyl sites for hydroxylation is 1. The van der Waals surface area contributed by atoms with Crippen LogP contribution in [-0.4, -0.2) is 19.1 Å². The number of benzene rings is 1. The van der Waals surface area contributed by atoms with E-state index in [1.165, 1.54) is 0 Å². The van der Waals surface area contributed by atoms with Gasteiger partial charge in [-0.3, -0.25) is 0 Å². The van der Waals surface area contributed by atoms with Crippen molar-refractivity contribution in [3.63, 3.8) is 0 Å². The normalized spacial score (nSPS) is 17.6. The zero-order chi connectivity index (χ0) is 16.4. The van der Waals surface area contributed by atoms with E-state index in [2.05, 4.69) is 5.73 Å². The molecular weight excluding hydrogens is 296 g/mol. The average Bonchev–Trinajstić information content (AvgIpc) is 2.45. The number of aliphatic hydroxyl groups is 1. The number of sulfone groups is 1. The minimum absolute atomic E-state index is 0.0311. The van der Waals surface area contributed by atoms with Gasteiger partial charge in [0, 0.05) is 0 Å². The average molecular weight is 320 g/mol. The molecule has 120 valence electrons. The van der Waals surface area contributed by atoms with Crippen LogP contribution in [0.4, 0.5) is 0 Å². The maximum atomic E-state index is 13.0. The van der Waals surface area contributed by atoms with E-state index in [4.69, 9.17) is 0 Å². The summed E-state index contributed by atoms with van der Waals surface area (Å²) in [6.07, 6.45) is 3.68. The van der Waals surface area contributed by atoms with Crippen molar-refractivity contribution in [3.8, 4) is 0 Å². The molecule has 2 rings (SSSR count). The van der Waals surface area contributed by atoms with Crippen LogP contribution < -0.4 is 0 Å².